The minimum Gasteiger partial charge on any atom is -0.497 e. The Labute approximate surface area is 117 Å². The van der Waals surface area contributed by atoms with Gasteiger partial charge in [0.1, 0.15) is 5.75 Å². The number of nitrogens with two attached hydrogens (primary N) is 1. The highest BCUT2D eigenvalue weighted by Crippen LogP contribution is 2.23. The van der Waals surface area contributed by atoms with E-state index in [4.69, 9.17) is 17.0 Å². The molecule has 106 valence electrons. The zero-order valence-electron chi connectivity index (χ0n) is 11.5. The lowest BCUT2D eigenvalue weighted by molar-refractivity contribution is -0.119. The number of hydrogen-bond acceptors (Lipinski definition) is 4. The number of methoxy groups -OCH3 is 1. The molecule has 1 rings (SSSR count). The summed E-state index contributed by atoms with van der Waals surface area (Å²) < 4.78 is 5.08. The van der Waals surface area contributed by atoms with Crippen LogP contribution in [0, 0.1) is 19.3 Å². The van der Waals surface area contributed by atoms with E-state index < -0.39 is 5.91 Å². The third-order valence-electron chi connectivity index (χ3n) is 2.69. The predicted octanol–water partition coefficient (Wildman–Crippen LogP) is 0.350. The Morgan fingerprint density at radius 2 is 2.20 bits per heavy atom. The highest BCUT2D eigenvalue weighted by atomic mass is 16.5. The molecule has 6 nitrogen and oxygen atoms in total. The van der Waals surface area contributed by atoms with Crippen molar-refractivity contribution < 1.29 is 14.3 Å². The second-order valence-electron chi connectivity index (χ2n) is 4.07. The van der Waals surface area contributed by atoms with Gasteiger partial charge in [0.15, 0.2) is 0 Å². The lowest BCUT2D eigenvalue weighted by Gasteiger charge is -2.19. The van der Waals surface area contributed by atoms with E-state index in [0.717, 1.165) is 10.6 Å². The van der Waals surface area contributed by atoms with E-state index in [1.54, 1.807) is 25.3 Å². The van der Waals surface area contributed by atoms with Gasteiger partial charge in [-0.3, -0.25) is 9.59 Å². The molecule has 0 aromatic heterocycles. The molecule has 0 spiro atoms. The summed E-state index contributed by atoms with van der Waals surface area (Å²) in [5.41, 5.74) is 1.40. The second-order valence-corrected chi connectivity index (χ2v) is 4.07. The van der Waals surface area contributed by atoms with Crippen molar-refractivity contribution in [3.8, 4) is 18.1 Å². The number of nitrogens with one attached hydrogen (secondary N) is 1. The Morgan fingerprint density at radius 3 is 2.75 bits per heavy atom. The standard InChI is InChI=1S/C14H17N3O3/c1-4-13(18)16-8-7-14(19)17(15)12-6-5-11(20-3)9-10(12)2/h1,5-6,9H,7-8,15H2,2-3H3,(H,16,18). The van der Waals surface area contributed by atoms with Gasteiger partial charge in [0, 0.05) is 13.0 Å². The van der Waals surface area contributed by atoms with E-state index >= 15 is 0 Å². The number of carbonyl (C=O) groups is 2. The number of anilines is 1. The normalized spacial score (nSPS) is 9.50. The summed E-state index contributed by atoms with van der Waals surface area (Å²) in [5.74, 6) is 7.48. The van der Waals surface area contributed by atoms with Gasteiger partial charge in [0.2, 0.25) is 5.91 Å². The molecule has 2 amide bonds. The average Bonchev–Trinajstić information content (AvgIpc) is 2.45. The maximum Gasteiger partial charge on any atom is 0.295 e. The van der Waals surface area contributed by atoms with Crippen LogP contribution in [-0.2, 0) is 9.59 Å². The van der Waals surface area contributed by atoms with Gasteiger partial charge in [0.05, 0.1) is 12.8 Å². The molecule has 0 aliphatic rings. The summed E-state index contributed by atoms with van der Waals surface area (Å²) in [5, 5.41) is 3.46. The SMILES string of the molecule is C#CC(=O)NCCC(=O)N(N)c1ccc(OC)cc1C. The maximum absolute atomic E-state index is 11.9. The first-order chi connectivity index (χ1) is 9.49. The molecule has 6 heteroatoms. The molecule has 0 aliphatic carbocycles. The molecular weight excluding hydrogens is 258 g/mol. The number of benzene rings is 1. The van der Waals surface area contributed by atoms with Crippen LogP contribution in [0.3, 0.4) is 0 Å². The number of rotatable bonds is 5. The van der Waals surface area contributed by atoms with Gasteiger partial charge in [-0.2, -0.15) is 0 Å². The summed E-state index contributed by atoms with van der Waals surface area (Å²) in [6.07, 6.45) is 4.96. The summed E-state index contributed by atoms with van der Waals surface area (Å²) >= 11 is 0. The zero-order chi connectivity index (χ0) is 15.1. The van der Waals surface area contributed by atoms with E-state index in [2.05, 4.69) is 5.32 Å². The van der Waals surface area contributed by atoms with Gasteiger partial charge in [-0.25, -0.2) is 10.9 Å². The first-order valence-electron chi connectivity index (χ1n) is 5.96. The molecule has 0 heterocycles. The lowest BCUT2D eigenvalue weighted by Crippen LogP contribution is -2.39. The van der Waals surface area contributed by atoms with Gasteiger partial charge >= 0.3 is 0 Å². The topological polar surface area (TPSA) is 84.7 Å². The van der Waals surface area contributed by atoms with Gasteiger partial charge in [0.25, 0.3) is 5.91 Å². The van der Waals surface area contributed by atoms with E-state index in [1.165, 1.54) is 0 Å². The van der Waals surface area contributed by atoms with Crippen LogP contribution >= 0.6 is 0 Å². The van der Waals surface area contributed by atoms with Crippen molar-refractivity contribution in [2.75, 3.05) is 18.7 Å². The summed E-state index contributed by atoms with van der Waals surface area (Å²) in [4.78, 5) is 22.7. The van der Waals surface area contributed by atoms with Crippen LogP contribution in [0.15, 0.2) is 18.2 Å². The Kier molecular flexibility index (Phi) is 5.56. The van der Waals surface area contributed by atoms with E-state index in [0.29, 0.717) is 11.4 Å². The quantitative estimate of drug-likeness (QED) is 0.351. The largest absolute Gasteiger partial charge is 0.497 e. The maximum atomic E-state index is 11.9. The number of ether oxygens (including phenoxy) is 1. The first-order valence-corrected chi connectivity index (χ1v) is 5.96. The van der Waals surface area contributed by atoms with Crippen LogP contribution < -0.4 is 20.9 Å². The van der Waals surface area contributed by atoms with Crippen LogP contribution in [0.2, 0.25) is 0 Å². The molecule has 0 radical (unpaired) electrons. The molecule has 0 unspecified atom stereocenters. The number of hydrazine groups is 1. The van der Waals surface area contributed by atoms with Crippen molar-refractivity contribution in [1.82, 2.24) is 5.32 Å². The highest BCUT2D eigenvalue weighted by molar-refractivity contribution is 5.95. The van der Waals surface area contributed by atoms with Gasteiger partial charge < -0.3 is 10.1 Å². The highest BCUT2D eigenvalue weighted by Gasteiger charge is 2.14. The van der Waals surface area contributed by atoms with Crippen LogP contribution in [0.4, 0.5) is 5.69 Å². The smallest absolute Gasteiger partial charge is 0.295 e. The summed E-state index contributed by atoms with van der Waals surface area (Å²) in [6, 6.07) is 5.20. The third kappa shape index (κ3) is 4.00. The van der Waals surface area contributed by atoms with Crippen LogP contribution in [0.1, 0.15) is 12.0 Å². The fourth-order valence-electron chi connectivity index (χ4n) is 1.61. The molecule has 0 saturated heterocycles. The van der Waals surface area contributed by atoms with Crippen LogP contribution in [0.5, 0.6) is 5.75 Å². The zero-order valence-corrected chi connectivity index (χ0v) is 11.5. The van der Waals surface area contributed by atoms with E-state index in [9.17, 15) is 9.59 Å². The van der Waals surface area contributed by atoms with Crippen molar-refractivity contribution in [1.29, 1.82) is 0 Å². The Bertz CT molecular complexity index is 549. The monoisotopic (exact) mass is 275 g/mol. The second kappa shape index (κ2) is 7.16. The fraction of sp³-hybridized carbons (Fsp3) is 0.286. The van der Waals surface area contributed by atoms with Crippen LogP contribution in [0.25, 0.3) is 0 Å². The minimum absolute atomic E-state index is 0.0649. The molecule has 1 aromatic carbocycles. The van der Waals surface area contributed by atoms with Gasteiger partial charge in [-0.15, -0.1) is 6.42 Å². The number of hydrogen-bond donors (Lipinski definition) is 2. The molecule has 0 fully saturated rings. The Morgan fingerprint density at radius 1 is 1.50 bits per heavy atom. The number of terminal acetylenes is 1. The van der Waals surface area contributed by atoms with Crippen molar-refractivity contribution >= 4 is 17.5 Å². The molecule has 3 N–H and O–H groups in total. The number of nitrogens with zero attached hydrogens (tertiary/aromatic N) is 1. The molecular formula is C14H17N3O3. The van der Waals surface area contributed by atoms with Crippen LogP contribution in [-0.4, -0.2) is 25.5 Å². The number of carbonyl (C=O) groups excluding carboxylic acids is 2. The van der Waals surface area contributed by atoms with Gasteiger partial charge in [-0.1, -0.05) is 0 Å². The fourth-order valence-corrected chi connectivity index (χ4v) is 1.61. The van der Waals surface area contributed by atoms with Crippen molar-refractivity contribution in [3.63, 3.8) is 0 Å². The van der Waals surface area contributed by atoms with E-state index in [-0.39, 0.29) is 18.9 Å². The molecule has 0 bridgehead atoms. The van der Waals surface area contributed by atoms with Crippen molar-refractivity contribution in [3.05, 3.63) is 23.8 Å². The Hall–Kier alpha value is -2.52. The Balaban J connectivity index is 2.65. The van der Waals surface area contributed by atoms with E-state index in [1.807, 2.05) is 12.8 Å². The molecule has 0 saturated carbocycles. The number of aryl methyl sites for hydroxylation is 1. The number of amides is 2. The minimum atomic E-state index is -0.554. The summed E-state index contributed by atoms with van der Waals surface area (Å²) in [6.45, 7) is 1.97. The van der Waals surface area contributed by atoms with Crippen molar-refractivity contribution in [2.24, 2.45) is 5.84 Å². The molecule has 0 aliphatic heterocycles. The first kappa shape index (κ1) is 15.5. The molecule has 1 aromatic rings. The molecule has 0 atom stereocenters. The molecule has 20 heavy (non-hydrogen) atoms. The third-order valence-corrected chi connectivity index (χ3v) is 2.69. The van der Waals surface area contributed by atoms with Crippen molar-refractivity contribution in [2.45, 2.75) is 13.3 Å². The van der Waals surface area contributed by atoms with Gasteiger partial charge in [-0.05, 0) is 36.6 Å². The summed E-state index contributed by atoms with van der Waals surface area (Å²) in [7, 11) is 1.56. The lowest BCUT2D eigenvalue weighted by atomic mass is 10.2. The average molecular weight is 275 g/mol. The predicted molar refractivity (Wildman–Crippen MR) is 75.9 cm³/mol.